The lowest BCUT2D eigenvalue weighted by Crippen LogP contribution is -2.63. The molecule has 0 spiro atoms. The van der Waals surface area contributed by atoms with E-state index in [1.807, 2.05) is 80.3 Å². The Morgan fingerprint density at radius 1 is 0.462 bits per heavy atom. The maximum absolute atomic E-state index is 15.9. The SMILES string of the molecule is COc1ccc2ccc(OC)c3c2c1CN1C(=O)N2Cc4c(C)ccc5ccc(C)c(c45)CN4C(=O)N(C3)C1(c1ccccc1)C24c1ccccc1. The van der Waals surface area contributed by atoms with E-state index in [4.69, 9.17) is 9.47 Å². The van der Waals surface area contributed by atoms with Gasteiger partial charge in [0.05, 0.1) is 40.4 Å². The van der Waals surface area contributed by atoms with Crippen molar-refractivity contribution in [2.75, 3.05) is 14.2 Å². The summed E-state index contributed by atoms with van der Waals surface area (Å²) < 4.78 is 12.2. The van der Waals surface area contributed by atoms with Crippen molar-refractivity contribution < 1.29 is 19.1 Å². The van der Waals surface area contributed by atoms with Crippen LogP contribution in [0.4, 0.5) is 9.59 Å². The summed E-state index contributed by atoms with van der Waals surface area (Å²) in [6.45, 7) is 5.29. The molecule has 52 heavy (non-hydrogen) atoms. The van der Waals surface area contributed by atoms with Gasteiger partial charge in [-0.3, -0.25) is 19.6 Å². The second kappa shape index (κ2) is 10.7. The van der Waals surface area contributed by atoms with Crippen LogP contribution in [0.2, 0.25) is 0 Å². The zero-order chi connectivity index (χ0) is 35.5. The van der Waals surface area contributed by atoms with Gasteiger partial charge in [0.25, 0.3) is 0 Å². The second-order valence-electron chi connectivity index (χ2n) is 14.4. The molecule has 0 radical (unpaired) electrons. The van der Waals surface area contributed by atoms with Crippen LogP contribution in [0.1, 0.15) is 44.5 Å². The zero-order valence-corrected chi connectivity index (χ0v) is 29.6. The number of methoxy groups -OCH3 is 2. The molecule has 6 aromatic carbocycles. The zero-order valence-electron chi connectivity index (χ0n) is 29.6. The molecule has 0 unspecified atom stereocenters. The number of hydrogen-bond donors (Lipinski definition) is 0. The van der Waals surface area contributed by atoms with E-state index in [2.05, 4.69) is 62.4 Å². The molecule has 4 heterocycles. The maximum atomic E-state index is 15.9. The Balaban J connectivity index is 1.39. The number of ether oxygens (including phenoxy) is 2. The fourth-order valence-electron chi connectivity index (χ4n) is 10.0. The van der Waals surface area contributed by atoms with Crippen LogP contribution in [0.3, 0.4) is 0 Å². The van der Waals surface area contributed by atoms with Gasteiger partial charge in [-0.25, -0.2) is 9.59 Å². The molecule has 0 aliphatic carbocycles. The summed E-state index contributed by atoms with van der Waals surface area (Å²) >= 11 is 0. The summed E-state index contributed by atoms with van der Waals surface area (Å²) in [6.07, 6.45) is 0. The molecular formula is C44H38N4O4. The third-order valence-electron chi connectivity index (χ3n) is 12.2. The number of hydrogen-bond acceptors (Lipinski definition) is 4. The number of amides is 4. The molecule has 0 saturated carbocycles. The van der Waals surface area contributed by atoms with Crippen LogP contribution >= 0.6 is 0 Å². The fourth-order valence-corrected chi connectivity index (χ4v) is 10.0. The van der Waals surface area contributed by atoms with Crippen LogP contribution < -0.4 is 9.47 Å². The van der Waals surface area contributed by atoms with Crippen molar-refractivity contribution in [3.8, 4) is 11.5 Å². The van der Waals surface area contributed by atoms with Gasteiger partial charge in [-0.05, 0) is 69.8 Å². The Morgan fingerprint density at radius 2 is 0.808 bits per heavy atom. The van der Waals surface area contributed by atoms with Gasteiger partial charge in [0.1, 0.15) is 11.5 Å². The quantitative estimate of drug-likeness (QED) is 0.187. The van der Waals surface area contributed by atoms with Gasteiger partial charge in [0, 0.05) is 22.3 Å². The second-order valence-corrected chi connectivity index (χ2v) is 14.4. The van der Waals surface area contributed by atoms with Crippen LogP contribution in [0.25, 0.3) is 21.5 Å². The Bertz CT molecular complexity index is 2380. The molecule has 2 saturated heterocycles. The molecule has 4 amide bonds. The third kappa shape index (κ3) is 3.56. The summed E-state index contributed by atoms with van der Waals surface area (Å²) in [6, 6.07) is 36.7. The highest BCUT2D eigenvalue weighted by Crippen LogP contribution is 2.65. The van der Waals surface area contributed by atoms with Crippen molar-refractivity contribution in [3.05, 3.63) is 154 Å². The molecule has 6 aromatic rings. The molecule has 0 atom stereocenters. The Hall–Kier alpha value is -6.02. The van der Waals surface area contributed by atoms with E-state index in [0.717, 1.165) is 66.1 Å². The summed E-state index contributed by atoms with van der Waals surface area (Å²) in [4.78, 5) is 39.8. The number of benzene rings is 6. The summed E-state index contributed by atoms with van der Waals surface area (Å²) in [5.74, 6) is 1.37. The van der Waals surface area contributed by atoms with Gasteiger partial charge < -0.3 is 9.47 Å². The minimum absolute atomic E-state index is 0.145. The van der Waals surface area contributed by atoms with E-state index in [-0.39, 0.29) is 25.2 Å². The van der Waals surface area contributed by atoms with Crippen molar-refractivity contribution >= 4 is 33.6 Å². The highest BCUT2D eigenvalue weighted by atomic mass is 16.5. The molecule has 0 N–H and O–H groups in total. The van der Waals surface area contributed by atoms with Gasteiger partial charge in [-0.1, -0.05) is 97.1 Å². The first-order valence-electron chi connectivity index (χ1n) is 17.8. The summed E-state index contributed by atoms with van der Waals surface area (Å²) in [5, 5.41) is 4.16. The minimum Gasteiger partial charge on any atom is -0.496 e. The predicted octanol–water partition coefficient (Wildman–Crippen LogP) is 8.54. The highest BCUT2D eigenvalue weighted by Gasteiger charge is 2.80. The normalized spacial score (nSPS) is 21.6. The molecule has 8 nitrogen and oxygen atoms in total. The van der Waals surface area contributed by atoms with Gasteiger partial charge >= 0.3 is 12.1 Å². The van der Waals surface area contributed by atoms with Crippen LogP contribution in [0.5, 0.6) is 11.5 Å². The van der Waals surface area contributed by atoms with Crippen LogP contribution in [0.15, 0.2) is 109 Å². The number of carbonyl (C=O) groups is 2. The molecule has 0 bridgehead atoms. The first kappa shape index (κ1) is 30.8. The number of rotatable bonds is 4. The van der Waals surface area contributed by atoms with Crippen molar-refractivity contribution in [1.29, 1.82) is 0 Å². The molecule has 8 heteroatoms. The third-order valence-corrected chi connectivity index (χ3v) is 12.2. The summed E-state index contributed by atoms with van der Waals surface area (Å²) in [5.41, 5.74) is 5.36. The van der Waals surface area contributed by atoms with Crippen molar-refractivity contribution in [3.63, 3.8) is 0 Å². The number of urea groups is 2. The maximum Gasteiger partial charge on any atom is 0.325 e. The molecule has 258 valence electrons. The minimum atomic E-state index is -1.31. The number of nitrogens with zero attached hydrogens (tertiary/aromatic N) is 4. The molecule has 0 aromatic heterocycles. The first-order chi connectivity index (χ1) is 25.4. The smallest absolute Gasteiger partial charge is 0.325 e. The fraction of sp³-hybridized carbons (Fsp3) is 0.227. The van der Waals surface area contributed by atoms with E-state index in [1.54, 1.807) is 14.2 Å². The Labute approximate surface area is 302 Å². The molecule has 4 aliphatic heterocycles. The average molecular weight is 687 g/mol. The highest BCUT2D eigenvalue weighted by molar-refractivity contribution is 5.97. The van der Waals surface area contributed by atoms with E-state index in [9.17, 15) is 0 Å². The van der Waals surface area contributed by atoms with Crippen molar-refractivity contribution in [1.82, 2.24) is 19.6 Å². The van der Waals surface area contributed by atoms with Crippen LogP contribution in [-0.4, -0.2) is 45.9 Å². The Kier molecular flexibility index (Phi) is 6.36. The average Bonchev–Trinajstić information content (AvgIpc) is 3.49. The van der Waals surface area contributed by atoms with E-state index < -0.39 is 11.3 Å². The predicted molar refractivity (Wildman–Crippen MR) is 200 cm³/mol. The van der Waals surface area contributed by atoms with Gasteiger partial charge in [-0.2, -0.15) is 0 Å². The summed E-state index contributed by atoms with van der Waals surface area (Å²) in [7, 11) is 3.35. The van der Waals surface area contributed by atoms with Crippen LogP contribution in [-0.2, 0) is 37.5 Å². The van der Waals surface area contributed by atoms with E-state index in [1.165, 1.54) is 0 Å². The first-order valence-corrected chi connectivity index (χ1v) is 17.8. The lowest BCUT2D eigenvalue weighted by molar-refractivity contribution is -0.0864. The largest absolute Gasteiger partial charge is 0.496 e. The monoisotopic (exact) mass is 686 g/mol. The van der Waals surface area contributed by atoms with Crippen molar-refractivity contribution in [2.24, 2.45) is 0 Å². The Morgan fingerprint density at radius 3 is 1.19 bits per heavy atom. The van der Waals surface area contributed by atoms with Crippen molar-refractivity contribution in [2.45, 2.75) is 51.4 Å². The van der Waals surface area contributed by atoms with Gasteiger partial charge in [0.15, 0.2) is 11.3 Å². The molecule has 2 fully saturated rings. The van der Waals surface area contributed by atoms with Crippen LogP contribution in [0, 0.1) is 13.8 Å². The number of aryl methyl sites for hydroxylation is 2. The molecule has 10 rings (SSSR count). The van der Waals surface area contributed by atoms with Gasteiger partial charge in [-0.15, -0.1) is 0 Å². The molecular weight excluding hydrogens is 649 g/mol. The topological polar surface area (TPSA) is 65.6 Å². The van der Waals surface area contributed by atoms with Gasteiger partial charge in [0.2, 0.25) is 0 Å². The molecule has 4 aliphatic rings. The van der Waals surface area contributed by atoms with E-state index in [0.29, 0.717) is 24.6 Å². The lowest BCUT2D eigenvalue weighted by Gasteiger charge is -2.51. The number of carbonyl (C=O) groups excluding carboxylic acids is 2. The van der Waals surface area contributed by atoms with E-state index >= 15 is 9.59 Å². The standard InChI is InChI=1S/C44H38N4O4/c1-27-15-17-29-18-16-28(2)34-24-46-42(50)48-26-36-38(52-4)22-20-30-19-21-37(51-3)35(40(30)36)25-47-41(49)45(23-33(27)39(29)34)43(46,31-11-7-5-8-12-31)44(47,48)32-13-9-6-10-14-32/h5-22H,23-26H2,1-4H3. The lowest BCUT2D eigenvalue weighted by atomic mass is 9.77.